The molecule has 0 saturated carbocycles. The van der Waals surface area contributed by atoms with Crippen LogP contribution in [0.15, 0.2) is 47.3 Å². The second-order valence-electron chi connectivity index (χ2n) is 9.14. The van der Waals surface area contributed by atoms with Gasteiger partial charge in [-0.1, -0.05) is 23.8 Å². The molecule has 1 aliphatic heterocycles. The number of hydrogen-bond donors (Lipinski definition) is 0. The summed E-state index contributed by atoms with van der Waals surface area (Å²) in [5.41, 5.74) is 0.772. The number of aromatic nitrogens is 1. The maximum absolute atomic E-state index is 13.8. The van der Waals surface area contributed by atoms with Crippen LogP contribution in [0.3, 0.4) is 0 Å². The fraction of sp³-hybridized carbons (Fsp3) is 0.357. The lowest BCUT2D eigenvalue weighted by molar-refractivity contribution is -0.137. The van der Waals surface area contributed by atoms with Crippen LogP contribution >= 0.6 is 0 Å². The fourth-order valence-electron chi connectivity index (χ4n) is 4.45. The first kappa shape index (κ1) is 25.5. The molecule has 4 rings (SSSR count). The van der Waals surface area contributed by atoms with Crippen molar-refractivity contribution in [2.24, 2.45) is 0 Å². The van der Waals surface area contributed by atoms with Crippen LogP contribution in [0.1, 0.15) is 52.6 Å². The van der Waals surface area contributed by atoms with E-state index in [0.29, 0.717) is 23.5 Å². The highest BCUT2D eigenvalue weighted by Crippen LogP contribution is 2.35. The second kappa shape index (κ2) is 10.2. The molecule has 1 atom stereocenters. The van der Waals surface area contributed by atoms with Crippen molar-refractivity contribution >= 4 is 0 Å². The largest absolute Gasteiger partial charge is 0.465 e. The van der Waals surface area contributed by atoms with Crippen LogP contribution in [0.2, 0.25) is 0 Å². The molecule has 0 radical (unpaired) electrons. The Hall–Kier alpha value is -3.57. The molecule has 2 aromatic carbocycles. The Labute approximate surface area is 207 Å². The number of ether oxygens (including phenoxy) is 2. The van der Waals surface area contributed by atoms with Crippen LogP contribution in [0.4, 0.5) is 13.2 Å². The van der Waals surface area contributed by atoms with E-state index in [1.54, 1.807) is 25.1 Å². The summed E-state index contributed by atoms with van der Waals surface area (Å²) in [5.74, 6) is 0.568. The zero-order chi connectivity index (χ0) is 26.0. The Kier molecular flexibility index (Phi) is 7.23. The molecule has 5 nitrogen and oxygen atoms in total. The van der Waals surface area contributed by atoms with Crippen LogP contribution < -0.4 is 10.3 Å². The van der Waals surface area contributed by atoms with Crippen LogP contribution in [-0.2, 0) is 17.5 Å². The van der Waals surface area contributed by atoms with E-state index in [9.17, 15) is 23.2 Å². The van der Waals surface area contributed by atoms with Gasteiger partial charge in [0.1, 0.15) is 17.4 Å². The number of nitriles is 1. The van der Waals surface area contributed by atoms with Gasteiger partial charge in [-0.3, -0.25) is 4.79 Å². The molecule has 1 aromatic heterocycles. The van der Waals surface area contributed by atoms with Gasteiger partial charge in [0.05, 0.1) is 24.4 Å². The van der Waals surface area contributed by atoms with E-state index in [1.807, 2.05) is 32.0 Å². The average Bonchev–Trinajstić information content (AvgIpc) is 2.83. The van der Waals surface area contributed by atoms with Gasteiger partial charge in [-0.25, -0.2) is 0 Å². The summed E-state index contributed by atoms with van der Waals surface area (Å²) in [7, 11) is 0. The maximum atomic E-state index is 13.8. The number of alkyl halides is 3. The monoisotopic (exact) mass is 496 g/mol. The van der Waals surface area contributed by atoms with Gasteiger partial charge >= 0.3 is 6.18 Å². The average molecular weight is 497 g/mol. The molecule has 1 fully saturated rings. The Morgan fingerprint density at radius 3 is 2.47 bits per heavy atom. The second-order valence-corrected chi connectivity index (χ2v) is 9.14. The normalized spacial score (nSPS) is 16.0. The molecule has 1 saturated heterocycles. The van der Waals surface area contributed by atoms with E-state index < -0.39 is 22.9 Å². The molecule has 8 heteroatoms. The molecule has 188 valence electrons. The van der Waals surface area contributed by atoms with Crippen molar-refractivity contribution in [1.82, 2.24) is 4.57 Å². The molecule has 1 unspecified atom stereocenters. The minimum Gasteiger partial charge on any atom is -0.465 e. The van der Waals surface area contributed by atoms with E-state index in [4.69, 9.17) is 9.47 Å². The smallest absolute Gasteiger partial charge is 0.417 e. The van der Waals surface area contributed by atoms with Gasteiger partial charge in [-0.2, -0.15) is 18.4 Å². The van der Waals surface area contributed by atoms with Gasteiger partial charge in [0.15, 0.2) is 6.29 Å². The highest BCUT2D eigenvalue weighted by atomic mass is 19.4. The third-order valence-corrected chi connectivity index (χ3v) is 6.41. The van der Waals surface area contributed by atoms with Crippen LogP contribution in [-0.4, -0.2) is 17.5 Å². The molecule has 0 bridgehead atoms. The number of aryl methyl sites for hydroxylation is 3. The van der Waals surface area contributed by atoms with Gasteiger partial charge in [-0.15, -0.1) is 0 Å². The van der Waals surface area contributed by atoms with Crippen molar-refractivity contribution in [3.05, 3.63) is 86.2 Å². The van der Waals surface area contributed by atoms with E-state index in [0.717, 1.165) is 42.0 Å². The summed E-state index contributed by atoms with van der Waals surface area (Å²) < 4.78 is 54.4. The predicted octanol–water partition coefficient (Wildman–Crippen LogP) is 6.28. The van der Waals surface area contributed by atoms with Gasteiger partial charge in [-0.05, 0) is 80.1 Å². The zero-order valence-electron chi connectivity index (χ0n) is 20.4. The molecule has 2 heterocycles. The first-order valence-electron chi connectivity index (χ1n) is 11.8. The van der Waals surface area contributed by atoms with Crippen LogP contribution in [0.5, 0.6) is 5.75 Å². The number of pyridine rings is 1. The number of benzene rings is 2. The number of halogens is 3. The van der Waals surface area contributed by atoms with E-state index >= 15 is 0 Å². The summed E-state index contributed by atoms with van der Waals surface area (Å²) in [6, 6.07) is 13.0. The number of nitrogens with zero attached hydrogens (tertiary/aromatic N) is 2. The molecule has 1 aliphatic rings. The Morgan fingerprint density at radius 1 is 1.08 bits per heavy atom. The van der Waals surface area contributed by atoms with E-state index in [2.05, 4.69) is 0 Å². The molecule has 0 N–H and O–H groups in total. The molecule has 0 spiro atoms. The number of rotatable bonds is 5. The van der Waals surface area contributed by atoms with Crippen molar-refractivity contribution in [3.8, 4) is 23.1 Å². The fourth-order valence-corrected chi connectivity index (χ4v) is 4.45. The van der Waals surface area contributed by atoms with Crippen molar-refractivity contribution < 1.29 is 22.6 Å². The Bertz CT molecular complexity index is 1380. The van der Waals surface area contributed by atoms with Crippen molar-refractivity contribution in [3.63, 3.8) is 0 Å². The minimum absolute atomic E-state index is 0.0281. The first-order valence-corrected chi connectivity index (χ1v) is 11.8. The lowest BCUT2D eigenvalue weighted by atomic mass is 10.0. The zero-order valence-corrected chi connectivity index (χ0v) is 20.4. The molecular weight excluding hydrogens is 469 g/mol. The Morgan fingerprint density at radius 2 is 1.86 bits per heavy atom. The van der Waals surface area contributed by atoms with Crippen molar-refractivity contribution in [2.45, 2.75) is 59.0 Å². The SMILES string of the molecule is Cc1ccc(Cn2c(-c3ccc(OC4CCCCO4)c(C)c3)cc(C(F)(F)F)c(C#N)c2=O)c(C)c1. The summed E-state index contributed by atoms with van der Waals surface area (Å²) in [5, 5.41) is 9.45. The molecule has 3 aromatic rings. The van der Waals surface area contributed by atoms with Crippen LogP contribution in [0.25, 0.3) is 11.3 Å². The van der Waals surface area contributed by atoms with Gasteiger partial charge in [0.2, 0.25) is 0 Å². The molecule has 36 heavy (non-hydrogen) atoms. The summed E-state index contributed by atoms with van der Waals surface area (Å²) >= 11 is 0. The Balaban J connectivity index is 1.84. The lowest BCUT2D eigenvalue weighted by Gasteiger charge is -2.24. The summed E-state index contributed by atoms with van der Waals surface area (Å²) in [6.45, 7) is 6.26. The summed E-state index contributed by atoms with van der Waals surface area (Å²) in [6.07, 6.45) is -2.47. The molecule has 0 aliphatic carbocycles. The minimum atomic E-state index is -4.85. The van der Waals surface area contributed by atoms with Gasteiger partial charge in [0.25, 0.3) is 5.56 Å². The summed E-state index contributed by atoms with van der Waals surface area (Å²) in [4.78, 5) is 13.3. The third kappa shape index (κ3) is 5.31. The highest BCUT2D eigenvalue weighted by Gasteiger charge is 2.36. The van der Waals surface area contributed by atoms with Crippen LogP contribution in [0, 0.1) is 32.1 Å². The van der Waals surface area contributed by atoms with E-state index in [1.165, 1.54) is 10.6 Å². The highest BCUT2D eigenvalue weighted by molar-refractivity contribution is 5.65. The van der Waals surface area contributed by atoms with E-state index in [-0.39, 0.29) is 18.5 Å². The molecular formula is C28H27F3N2O3. The number of hydrogen-bond acceptors (Lipinski definition) is 4. The predicted molar refractivity (Wildman–Crippen MR) is 130 cm³/mol. The topological polar surface area (TPSA) is 64.2 Å². The van der Waals surface area contributed by atoms with Gasteiger partial charge < -0.3 is 14.0 Å². The maximum Gasteiger partial charge on any atom is 0.417 e. The lowest BCUT2D eigenvalue weighted by Crippen LogP contribution is -2.29. The van der Waals surface area contributed by atoms with Crippen molar-refractivity contribution in [1.29, 1.82) is 5.26 Å². The standard InChI is InChI=1S/C28H27F3N2O3/c1-17-7-8-21(18(2)12-17)16-33-24(14-23(28(29,30)31)22(15-32)27(33)34)20-9-10-25(19(3)13-20)36-26-6-4-5-11-35-26/h7-10,12-14,26H,4-6,11,16H2,1-3H3. The first-order chi connectivity index (χ1) is 17.1. The van der Waals surface area contributed by atoms with Gasteiger partial charge in [0, 0.05) is 6.42 Å². The molecule has 0 amide bonds. The quantitative estimate of drug-likeness (QED) is 0.417. The van der Waals surface area contributed by atoms with Crippen molar-refractivity contribution in [2.75, 3.05) is 6.61 Å². The third-order valence-electron chi connectivity index (χ3n) is 6.41.